The summed E-state index contributed by atoms with van der Waals surface area (Å²) in [5, 5.41) is 2.64. The minimum atomic E-state index is -1.91. The molecule has 0 bridgehead atoms. The number of hydrogen-bond acceptors (Lipinski definition) is 4. The highest BCUT2D eigenvalue weighted by Gasteiger charge is 2.49. The van der Waals surface area contributed by atoms with Crippen LogP contribution in [-0.2, 0) is 0 Å². The first-order chi connectivity index (χ1) is 11.1. The van der Waals surface area contributed by atoms with E-state index in [-0.39, 0.29) is 5.84 Å². The van der Waals surface area contributed by atoms with Crippen molar-refractivity contribution in [3.05, 3.63) is 35.9 Å². The van der Waals surface area contributed by atoms with Crippen LogP contribution >= 0.6 is 69.6 Å². The Morgan fingerprint density at radius 3 is 2.21 bits per heavy atom. The molecule has 1 unspecified atom stereocenters. The smallest absolute Gasteiger partial charge is 0.247 e. The highest BCUT2D eigenvalue weighted by Crippen LogP contribution is 2.45. The summed E-state index contributed by atoms with van der Waals surface area (Å²) in [6, 6.07) is 7.24. The van der Waals surface area contributed by atoms with E-state index in [9.17, 15) is 0 Å². The van der Waals surface area contributed by atoms with Gasteiger partial charge in [0, 0.05) is 0 Å². The third kappa shape index (κ3) is 4.63. The van der Waals surface area contributed by atoms with E-state index in [0.717, 1.165) is 11.3 Å². The second-order valence-electron chi connectivity index (χ2n) is 4.69. The molecular formula is C14H11Cl6N3O. The normalized spacial score (nSPS) is 21.5. The van der Waals surface area contributed by atoms with Crippen molar-refractivity contribution in [2.75, 3.05) is 7.11 Å². The third-order valence-electron chi connectivity index (χ3n) is 3.05. The lowest BCUT2D eigenvalue weighted by atomic mass is 10.1. The number of amidine groups is 1. The topological polar surface area (TPSA) is 46.0 Å². The van der Waals surface area contributed by atoms with Crippen LogP contribution in [0.1, 0.15) is 5.56 Å². The van der Waals surface area contributed by atoms with Crippen LogP contribution < -0.4 is 10.1 Å². The van der Waals surface area contributed by atoms with Crippen molar-refractivity contribution < 1.29 is 4.74 Å². The highest BCUT2D eigenvalue weighted by molar-refractivity contribution is 6.77. The van der Waals surface area contributed by atoms with E-state index in [2.05, 4.69) is 15.3 Å². The minimum Gasteiger partial charge on any atom is -0.497 e. The number of aliphatic imine (C=N–C) groups is 2. The van der Waals surface area contributed by atoms with E-state index in [1.165, 1.54) is 12.4 Å². The molecule has 130 valence electrons. The van der Waals surface area contributed by atoms with E-state index in [1.54, 1.807) is 25.3 Å². The lowest BCUT2D eigenvalue weighted by Gasteiger charge is -2.33. The second kappa shape index (κ2) is 7.48. The molecule has 1 aliphatic rings. The molecule has 1 aliphatic heterocycles. The Kier molecular flexibility index (Phi) is 6.22. The van der Waals surface area contributed by atoms with Crippen LogP contribution in [0.25, 0.3) is 6.08 Å². The molecule has 2 rings (SSSR count). The molecule has 10 heteroatoms. The van der Waals surface area contributed by atoms with E-state index >= 15 is 0 Å². The summed E-state index contributed by atoms with van der Waals surface area (Å²) in [5.41, 5.74) is -0.758. The van der Waals surface area contributed by atoms with Gasteiger partial charge in [0.2, 0.25) is 13.2 Å². The van der Waals surface area contributed by atoms with Gasteiger partial charge in [0.25, 0.3) is 0 Å². The Labute approximate surface area is 169 Å². The summed E-state index contributed by atoms with van der Waals surface area (Å²) in [5.74, 6) is 0.716. The summed E-state index contributed by atoms with van der Waals surface area (Å²) in [6.45, 7) is 0. The molecule has 4 nitrogen and oxygen atoms in total. The molecule has 0 fully saturated rings. The first kappa shape index (κ1) is 20.0. The number of halogens is 6. The van der Waals surface area contributed by atoms with Gasteiger partial charge in [0.1, 0.15) is 5.75 Å². The maximum absolute atomic E-state index is 6.08. The van der Waals surface area contributed by atoms with Crippen molar-refractivity contribution in [2.45, 2.75) is 13.2 Å². The summed E-state index contributed by atoms with van der Waals surface area (Å²) < 4.78 is 1.38. The van der Waals surface area contributed by atoms with E-state index in [0.29, 0.717) is 0 Å². The Hall–Kier alpha value is -0.360. The number of nitrogens with one attached hydrogen (secondary N) is 1. The van der Waals surface area contributed by atoms with Crippen molar-refractivity contribution >= 4 is 87.9 Å². The maximum atomic E-state index is 6.08. The molecule has 1 heterocycles. The van der Waals surface area contributed by atoms with Gasteiger partial charge in [-0.1, -0.05) is 87.8 Å². The van der Waals surface area contributed by atoms with Gasteiger partial charge in [-0.05, 0) is 23.8 Å². The average Bonchev–Trinajstić information content (AvgIpc) is 2.52. The summed E-state index contributed by atoms with van der Waals surface area (Å²) in [7, 11) is 1.58. The molecule has 0 radical (unpaired) electrons. The Morgan fingerprint density at radius 1 is 1.08 bits per heavy atom. The zero-order chi connectivity index (χ0) is 18.0. The van der Waals surface area contributed by atoms with Crippen molar-refractivity contribution in [3.63, 3.8) is 0 Å². The number of nitrogens with zero attached hydrogens (tertiary/aromatic N) is 2. The summed E-state index contributed by atoms with van der Waals surface area (Å²) >= 11 is 35.8. The molecule has 1 atom stereocenters. The summed E-state index contributed by atoms with van der Waals surface area (Å²) in [6.07, 6.45) is 4.49. The predicted molar refractivity (Wildman–Crippen MR) is 104 cm³/mol. The fourth-order valence-electron chi connectivity index (χ4n) is 1.81. The van der Waals surface area contributed by atoms with Crippen LogP contribution in [0.2, 0.25) is 0 Å². The zero-order valence-electron chi connectivity index (χ0n) is 12.1. The fraction of sp³-hybridized carbons (Fsp3) is 0.286. The third-order valence-corrected chi connectivity index (χ3v) is 4.43. The molecule has 1 aromatic carbocycles. The number of alkyl halides is 6. The van der Waals surface area contributed by atoms with Crippen molar-refractivity contribution in [3.8, 4) is 5.75 Å². The van der Waals surface area contributed by atoms with Crippen LogP contribution in [0.5, 0.6) is 5.75 Å². The standard InChI is InChI=1S/C14H11Cl6N3O/c1-24-10-4-2-9(3-5-10)6-7-12(14(18,19)20)22-8-21-11(23-12)13(15,16)17/h2-8H,1H3,(H,21,22,23). The lowest BCUT2D eigenvalue weighted by Crippen LogP contribution is -2.47. The highest BCUT2D eigenvalue weighted by atomic mass is 35.6. The van der Waals surface area contributed by atoms with Crippen molar-refractivity contribution in [1.29, 1.82) is 0 Å². The molecule has 0 aliphatic carbocycles. The van der Waals surface area contributed by atoms with Gasteiger partial charge in [-0.2, -0.15) is 0 Å². The molecule has 0 aromatic heterocycles. The van der Waals surface area contributed by atoms with E-state index in [1.807, 2.05) is 12.1 Å². The van der Waals surface area contributed by atoms with E-state index in [4.69, 9.17) is 74.3 Å². The Morgan fingerprint density at radius 2 is 1.71 bits per heavy atom. The molecule has 0 amide bonds. The minimum absolute atomic E-state index is 0.00629. The number of rotatable bonds is 3. The first-order valence-corrected chi connectivity index (χ1v) is 8.71. The van der Waals surface area contributed by atoms with Crippen molar-refractivity contribution in [1.82, 2.24) is 5.32 Å². The quantitative estimate of drug-likeness (QED) is 0.646. The maximum Gasteiger partial charge on any atom is 0.247 e. The van der Waals surface area contributed by atoms with Gasteiger partial charge in [-0.25, -0.2) is 9.98 Å². The largest absolute Gasteiger partial charge is 0.497 e. The molecule has 1 aromatic rings. The molecule has 0 spiro atoms. The predicted octanol–water partition coefficient (Wildman–Crippen LogP) is 5.18. The molecule has 0 saturated carbocycles. The van der Waals surface area contributed by atoms with Crippen LogP contribution in [0.3, 0.4) is 0 Å². The summed E-state index contributed by atoms with van der Waals surface area (Å²) in [4.78, 5) is 8.35. The fourth-order valence-corrected chi connectivity index (χ4v) is 2.56. The van der Waals surface area contributed by atoms with Gasteiger partial charge in [0.05, 0.1) is 13.4 Å². The van der Waals surface area contributed by atoms with Gasteiger partial charge >= 0.3 is 0 Å². The van der Waals surface area contributed by atoms with Gasteiger partial charge in [-0.3, -0.25) is 0 Å². The molecule has 24 heavy (non-hydrogen) atoms. The number of hydrogen-bond donors (Lipinski definition) is 1. The van der Waals surface area contributed by atoms with Crippen LogP contribution in [0, 0.1) is 0 Å². The Bertz CT molecular complexity index is 675. The average molecular weight is 450 g/mol. The molecule has 0 saturated heterocycles. The SMILES string of the molecule is COc1ccc(C=CC2(C(Cl)(Cl)Cl)N=CNC(C(Cl)(Cl)Cl)=N2)cc1. The first-order valence-electron chi connectivity index (χ1n) is 6.45. The molecular weight excluding hydrogens is 439 g/mol. The van der Waals surface area contributed by atoms with Crippen LogP contribution in [0.15, 0.2) is 40.3 Å². The number of benzene rings is 1. The van der Waals surface area contributed by atoms with Gasteiger partial charge < -0.3 is 10.1 Å². The monoisotopic (exact) mass is 447 g/mol. The molecule has 1 N–H and O–H groups in total. The van der Waals surface area contributed by atoms with Crippen molar-refractivity contribution in [2.24, 2.45) is 9.98 Å². The van der Waals surface area contributed by atoms with Crippen LogP contribution in [0.4, 0.5) is 0 Å². The van der Waals surface area contributed by atoms with E-state index < -0.39 is 13.2 Å². The number of ether oxygens (including phenoxy) is 1. The lowest BCUT2D eigenvalue weighted by molar-refractivity contribution is 0.415. The zero-order valence-corrected chi connectivity index (χ0v) is 16.6. The second-order valence-corrected chi connectivity index (χ2v) is 9.25. The number of methoxy groups -OCH3 is 1. The van der Waals surface area contributed by atoms with Gasteiger partial charge in [-0.15, -0.1) is 0 Å². The van der Waals surface area contributed by atoms with Gasteiger partial charge in [0.15, 0.2) is 5.84 Å². The Balaban J connectivity index is 2.42. The van der Waals surface area contributed by atoms with Crippen LogP contribution in [-0.4, -0.2) is 32.5 Å².